The molecule has 2 aromatic heterocycles. The topological polar surface area (TPSA) is 21.1 Å². The van der Waals surface area contributed by atoms with Crippen LogP contribution in [0.1, 0.15) is 39.1 Å². The smallest absolute Gasteiger partial charge is 0.126 e. The molecule has 0 radical (unpaired) electrons. The van der Waals surface area contributed by atoms with Gasteiger partial charge in [-0.05, 0) is 74.6 Å². The van der Waals surface area contributed by atoms with Crippen LogP contribution in [-0.2, 0) is 25.9 Å². The van der Waals surface area contributed by atoms with Gasteiger partial charge in [0.15, 0.2) is 0 Å². The molecular weight excluding hydrogens is 401 g/mol. The standard InChI is InChI=1S/C23H26FN3S2/c1-5-18-11-21(17-6-7-20(24)14(2)10-17)25-27(18)13-23(28)26-9-8-19-15(3)16(4)29-22(19)12-26/h6-7,10-11H,5,8-9,12-13H2,1-4H3. The molecule has 0 atom stereocenters. The van der Waals surface area contributed by atoms with Gasteiger partial charge in [0.05, 0.1) is 18.8 Å². The Morgan fingerprint density at radius 1 is 1.24 bits per heavy atom. The van der Waals surface area contributed by atoms with Crippen molar-refractivity contribution in [2.75, 3.05) is 6.54 Å². The van der Waals surface area contributed by atoms with E-state index in [0.717, 1.165) is 47.9 Å². The second kappa shape index (κ2) is 8.00. The molecule has 29 heavy (non-hydrogen) atoms. The molecule has 0 spiro atoms. The van der Waals surface area contributed by atoms with Crippen LogP contribution in [0.2, 0.25) is 0 Å². The van der Waals surface area contributed by atoms with Gasteiger partial charge in [-0.1, -0.05) is 19.1 Å². The Kier molecular flexibility index (Phi) is 5.58. The lowest BCUT2D eigenvalue weighted by Gasteiger charge is -2.29. The maximum absolute atomic E-state index is 13.6. The van der Waals surface area contributed by atoms with E-state index in [4.69, 9.17) is 17.3 Å². The second-order valence-corrected chi connectivity index (χ2v) is 9.53. The minimum atomic E-state index is -0.186. The minimum absolute atomic E-state index is 0.186. The van der Waals surface area contributed by atoms with Crippen molar-refractivity contribution in [3.63, 3.8) is 0 Å². The number of aryl methyl sites for hydroxylation is 3. The molecule has 4 rings (SSSR count). The predicted molar refractivity (Wildman–Crippen MR) is 122 cm³/mol. The lowest BCUT2D eigenvalue weighted by atomic mass is 10.0. The first-order valence-corrected chi connectivity index (χ1v) is 11.3. The first kappa shape index (κ1) is 20.2. The van der Waals surface area contributed by atoms with Gasteiger partial charge in [0.2, 0.25) is 0 Å². The van der Waals surface area contributed by atoms with Gasteiger partial charge in [0.1, 0.15) is 10.8 Å². The Labute approximate surface area is 181 Å². The number of aromatic nitrogens is 2. The Hall–Kier alpha value is -2.05. The van der Waals surface area contributed by atoms with Crippen LogP contribution in [0.3, 0.4) is 0 Å². The third kappa shape index (κ3) is 3.88. The van der Waals surface area contributed by atoms with Crippen LogP contribution < -0.4 is 0 Å². The average molecular weight is 428 g/mol. The van der Waals surface area contributed by atoms with E-state index in [0.29, 0.717) is 12.1 Å². The van der Waals surface area contributed by atoms with Crippen LogP contribution in [0.4, 0.5) is 4.39 Å². The Morgan fingerprint density at radius 3 is 2.76 bits per heavy atom. The number of nitrogens with zero attached hydrogens (tertiary/aromatic N) is 3. The molecule has 1 aromatic carbocycles. The van der Waals surface area contributed by atoms with Crippen molar-refractivity contribution in [2.24, 2.45) is 0 Å². The third-order valence-electron chi connectivity index (χ3n) is 5.88. The van der Waals surface area contributed by atoms with Crippen LogP contribution in [0, 0.1) is 26.6 Å². The highest BCUT2D eigenvalue weighted by Crippen LogP contribution is 2.32. The summed E-state index contributed by atoms with van der Waals surface area (Å²) in [6.07, 6.45) is 1.94. The summed E-state index contributed by atoms with van der Waals surface area (Å²) >= 11 is 7.72. The van der Waals surface area contributed by atoms with Crippen molar-refractivity contribution in [1.82, 2.24) is 14.7 Å². The molecule has 0 bridgehead atoms. The summed E-state index contributed by atoms with van der Waals surface area (Å²) in [6.45, 7) is 10.8. The van der Waals surface area contributed by atoms with Crippen LogP contribution in [0.5, 0.6) is 0 Å². The maximum atomic E-state index is 13.6. The highest BCUT2D eigenvalue weighted by molar-refractivity contribution is 7.80. The molecule has 1 aliphatic rings. The van der Waals surface area contributed by atoms with E-state index in [9.17, 15) is 4.39 Å². The van der Waals surface area contributed by atoms with Crippen molar-refractivity contribution in [1.29, 1.82) is 0 Å². The molecule has 0 saturated heterocycles. The van der Waals surface area contributed by atoms with E-state index >= 15 is 0 Å². The number of halogens is 1. The lowest BCUT2D eigenvalue weighted by molar-refractivity contribution is 0.392. The number of thiophene rings is 1. The number of hydrogen-bond donors (Lipinski definition) is 0. The Bertz CT molecular complexity index is 1080. The molecule has 0 N–H and O–H groups in total. The molecule has 6 heteroatoms. The summed E-state index contributed by atoms with van der Waals surface area (Å²) < 4.78 is 15.6. The summed E-state index contributed by atoms with van der Waals surface area (Å²) in [5, 5.41) is 4.80. The van der Waals surface area contributed by atoms with Crippen molar-refractivity contribution in [2.45, 2.75) is 53.6 Å². The van der Waals surface area contributed by atoms with Crippen molar-refractivity contribution in [3.05, 3.63) is 62.2 Å². The molecule has 0 saturated carbocycles. The SMILES string of the molecule is CCc1cc(-c2ccc(F)c(C)c2)nn1CC(=S)N1CCc2c(sc(C)c2C)C1. The number of thiocarbonyl (C=S) groups is 1. The van der Waals surface area contributed by atoms with E-state index in [-0.39, 0.29) is 5.82 Å². The zero-order valence-corrected chi connectivity index (χ0v) is 19.0. The largest absolute Gasteiger partial charge is 0.359 e. The van der Waals surface area contributed by atoms with Gasteiger partial charge >= 0.3 is 0 Å². The fraction of sp³-hybridized carbons (Fsp3) is 0.391. The van der Waals surface area contributed by atoms with Gasteiger partial charge in [0, 0.05) is 27.6 Å². The van der Waals surface area contributed by atoms with Gasteiger partial charge in [-0.15, -0.1) is 11.3 Å². The fourth-order valence-corrected chi connectivity index (χ4v) is 5.48. The van der Waals surface area contributed by atoms with Gasteiger partial charge < -0.3 is 4.90 Å². The third-order valence-corrected chi connectivity index (χ3v) is 7.50. The van der Waals surface area contributed by atoms with Crippen LogP contribution in [0.25, 0.3) is 11.3 Å². The van der Waals surface area contributed by atoms with Gasteiger partial charge in [-0.2, -0.15) is 5.10 Å². The maximum Gasteiger partial charge on any atom is 0.126 e. The highest BCUT2D eigenvalue weighted by Gasteiger charge is 2.23. The van der Waals surface area contributed by atoms with Gasteiger partial charge in [0.25, 0.3) is 0 Å². The molecule has 1 aliphatic heterocycles. The summed E-state index contributed by atoms with van der Waals surface area (Å²) in [6, 6.07) is 7.25. The Balaban J connectivity index is 1.54. The first-order valence-electron chi connectivity index (χ1n) is 10.1. The lowest BCUT2D eigenvalue weighted by Crippen LogP contribution is -2.36. The number of fused-ring (bicyclic) bond motifs is 1. The number of hydrogen-bond acceptors (Lipinski definition) is 3. The van der Waals surface area contributed by atoms with Crippen LogP contribution in [-0.4, -0.2) is 26.2 Å². The van der Waals surface area contributed by atoms with Crippen molar-refractivity contribution >= 4 is 28.5 Å². The minimum Gasteiger partial charge on any atom is -0.359 e. The molecule has 0 aliphatic carbocycles. The zero-order chi connectivity index (χ0) is 20.7. The van der Waals surface area contributed by atoms with E-state index < -0.39 is 0 Å². The molecule has 3 aromatic rings. The monoisotopic (exact) mass is 427 g/mol. The molecule has 152 valence electrons. The summed E-state index contributed by atoms with van der Waals surface area (Å²) in [5.41, 5.74) is 6.57. The molecule has 0 fully saturated rings. The predicted octanol–water partition coefficient (Wildman–Crippen LogP) is 5.62. The molecule has 0 unspecified atom stereocenters. The molecular formula is C23H26FN3S2. The van der Waals surface area contributed by atoms with E-state index in [1.54, 1.807) is 13.0 Å². The summed E-state index contributed by atoms with van der Waals surface area (Å²) in [4.78, 5) is 6.11. The molecule has 0 amide bonds. The first-order chi connectivity index (χ1) is 13.9. The molecule has 3 nitrogen and oxygen atoms in total. The van der Waals surface area contributed by atoms with Crippen molar-refractivity contribution in [3.8, 4) is 11.3 Å². The van der Waals surface area contributed by atoms with E-state index in [1.165, 1.54) is 26.9 Å². The summed E-state index contributed by atoms with van der Waals surface area (Å²) in [7, 11) is 0. The summed E-state index contributed by atoms with van der Waals surface area (Å²) in [5.74, 6) is -0.186. The quantitative estimate of drug-likeness (QED) is 0.504. The van der Waals surface area contributed by atoms with Gasteiger partial charge in [-0.3, -0.25) is 4.68 Å². The van der Waals surface area contributed by atoms with E-state index in [2.05, 4.69) is 31.7 Å². The van der Waals surface area contributed by atoms with Crippen LogP contribution >= 0.6 is 23.6 Å². The van der Waals surface area contributed by atoms with Gasteiger partial charge in [-0.25, -0.2) is 4.39 Å². The Morgan fingerprint density at radius 2 is 2.03 bits per heavy atom. The fourth-order valence-electron chi connectivity index (χ4n) is 3.96. The van der Waals surface area contributed by atoms with E-state index in [1.807, 2.05) is 22.1 Å². The number of rotatable bonds is 4. The highest BCUT2D eigenvalue weighted by atomic mass is 32.1. The zero-order valence-electron chi connectivity index (χ0n) is 17.4. The van der Waals surface area contributed by atoms with Crippen LogP contribution in [0.15, 0.2) is 24.3 Å². The van der Waals surface area contributed by atoms with Crippen molar-refractivity contribution < 1.29 is 4.39 Å². The molecule has 3 heterocycles. The number of benzene rings is 1. The average Bonchev–Trinajstić information content (AvgIpc) is 3.24. The normalized spacial score (nSPS) is 13.6. The second-order valence-electron chi connectivity index (χ2n) is 7.75.